The lowest BCUT2D eigenvalue weighted by Gasteiger charge is -2.14. The minimum absolute atomic E-state index is 0.00701. The van der Waals surface area contributed by atoms with Crippen molar-refractivity contribution in [3.05, 3.63) is 93.3 Å². The van der Waals surface area contributed by atoms with Crippen molar-refractivity contribution in [3.8, 4) is 11.1 Å². The molecule has 35 heavy (non-hydrogen) atoms. The maximum atomic E-state index is 15.0. The zero-order chi connectivity index (χ0) is 24.9. The van der Waals surface area contributed by atoms with E-state index in [1.807, 2.05) is 19.1 Å². The molecule has 0 bridgehead atoms. The number of aromatic amines is 1. The highest BCUT2D eigenvalue weighted by atomic mass is 32.2. The average molecular weight is 494 g/mol. The Labute approximate surface area is 201 Å². The molecule has 1 amide bonds. The molecular formula is C26H24FN3O4S. The number of carbonyl (C=O) groups excluding carboxylic acids is 1. The van der Waals surface area contributed by atoms with Crippen LogP contribution in [-0.2, 0) is 16.6 Å². The van der Waals surface area contributed by atoms with Gasteiger partial charge in [-0.15, -0.1) is 0 Å². The smallest absolute Gasteiger partial charge is 0.282 e. The molecule has 0 saturated heterocycles. The number of amides is 1. The van der Waals surface area contributed by atoms with Gasteiger partial charge in [-0.1, -0.05) is 29.8 Å². The van der Waals surface area contributed by atoms with Crippen LogP contribution < -0.4 is 10.3 Å². The quantitative estimate of drug-likeness (QED) is 0.424. The molecule has 2 heterocycles. The summed E-state index contributed by atoms with van der Waals surface area (Å²) in [5, 5.41) is -0.00644. The van der Waals surface area contributed by atoms with Gasteiger partial charge >= 0.3 is 0 Å². The molecule has 1 aliphatic carbocycles. The van der Waals surface area contributed by atoms with Crippen molar-refractivity contribution >= 4 is 26.8 Å². The largest absolute Gasteiger partial charge is 0.331 e. The number of nitrogens with zero attached hydrogens (tertiary/aromatic N) is 1. The zero-order valence-electron chi connectivity index (χ0n) is 19.3. The molecule has 2 aromatic carbocycles. The lowest BCUT2D eigenvalue weighted by molar-refractivity contribution is 0.0974. The topological polar surface area (TPSA) is 101 Å². The molecule has 2 aromatic heterocycles. The number of nitrogens with one attached hydrogen (secondary N) is 2. The summed E-state index contributed by atoms with van der Waals surface area (Å²) >= 11 is 0. The van der Waals surface area contributed by atoms with Gasteiger partial charge in [0.2, 0.25) is 10.0 Å². The highest BCUT2D eigenvalue weighted by molar-refractivity contribution is 7.91. The van der Waals surface area contributed by atoms with Crippen molar-refractivity contribution < 1.29 is 17.6 Å². The number of hydrogen-bond donors (Lipinski definition) is 2. The Kier molecular flexibility index (Phi) is 5.59. The number of sulfonamides is 1. The lowest BCUT2D eigenvalue weighted by atomic mass is 10.0. The molecular weight excluding hydrogens is 469 g/mol. The van der Waals surface area contributed by atoms with Gasteiger partial charge in [0, 0.05) is 33.8 Å². The second-order valence-corrected chi connectivity index (χ2v) is 10.9. The summed E-state index contributed by atoms with van der Waals surface area (Å²) < 4.78 is 44.1. The molecule has 1 fully saturated rings. The number of halogens is 1. The van der Waals surface area contributed by atoms with Crippen LogP contribution in [0.3, 0.4) is 0 Å². The van der Waals surface area contributed by atoms with E-state index in [-0.39, 0.29) is 17.8 Å². The monoisotopic (exact) mass is 493 g/mol. The third-order valence-corrected chi connectivity index (χ3v) is 8.14. The summed E-state index contributed by atoms with van der Waals surface area (Å²) in [6.07, 6.45) is 2.46. The minimum atomic E-state index is -3.87. The Balaban J connectivity index is 1.81. The van der Waals surface area contributed by atoms with Gasteiger partial charge in [-0.3, -0.25) is 9.59 Å². The summed E-state index contributed by atoms with van der Waals surface area (Å²) in [5.41, 5.74) is 2.38. The van der Waals surface area contributed by atoms with Crippen LogP contribution in [0.15, 0.2) is 59.5 Å². The first-order valence-electron chi connectivity index (χ1n) is 11.3. The van der Waals surface area contributed by atoms with Crippen LogP contribution in [0, 0.1) is 19.7 Å². The molecule has 180 valence electrons. The van der Waals surface area contributed by atoms with Crippen molar-refractivity contribution in [3.63, 3.8) is 0 Å². The van der Waals surface area contributed by atoms with Gasteiger partial charge in [0.25, 0.3) is 11.5 Å². The third kappa shape index (κ3) is 4.16. The van der Waals surface area contributed by atoms with Crippen molar-refractivity contribution in [2.45, 2.75) is 38.5 Å². The van der Waals surface area contributed by atoms with E-state index >= 15 is 0 Å². The molecule has 0 atom stereocenters. The molecule has 4 aromatic rings. The van der Waals surface area contributed by atoms with Gasteiger partial charge < -0.3 is 9.55 Å². The van der Waals surface area contributed by atoms with Crippen molar-refractivity contribution in [1.82, 2.24) is 14.3 Å². The van der Waals surface area contributed by atoms with E-state index in [1.54, 1.807) is 47.9 Å². The predicted molar refractivity (Wildman–Crippen MR) is 132 cm³/mol. The number of fused-ring (bicyclic) bond motifs is 1. The Bertz CT molecular complexity index is 1650. The molecule has 0 aliphatic heterocycles. The number of benzene rings is 2. The summed E-state index contributed by atoms with van der Waals surface area (Å²) in [5.74, 6) is -1.26. The number of carbonyl (C=O) groups is 1. The van der Waals surface area contributed by atoms with E-state index in [2.05, 4.69) is 9.71 Å². The molecule has 5 rings (SSSR count). The number of H-pyrrole nitrogens is 1. The normalized spacial score (nSPS) is 13.8. The Hall–Kier alpha value is -3.72. The zero-order valence-corrected chi connectivity index (χ0v) is 20.1. The van der Waals surface area contributed by atoms with Gasteiger partial charge in [0.15, 0.2) is 0 Å². The standard InChI is InChI=1S/C26H24FN3O4S/c1-15-8-11-21-20(13-15)22(19-7-4-12-28-25(19)31)24(26(32)29-35(33,34)18-9-10-18)30(21)14-17-6-3-5-16(2)23(17)27/h3-8,11-13,18H,9-10,14H2,1-2H3,(H,28,31)(H,29,32). The van der Waals surface area contributed by atoms with E-state index in [9.17, 15) is 22.4 Å². The number of aromatic nitrogens is 2. The van der Waals surface area contributed by atoms with Gasteiger partial charge in [-0.05, 0) is 56.5 Å². The fourth-order valence-corrected chi connectivity index (χ4v) is 5.68. The summed E-state index contributed by atoms with van der Waals surface area (Å²) in [6, 6.07) is 13.7. The van der Waals surface area contributed by atoms with Crippen molar-refractivity contribution in [2.75, 3.05) is 0 Å². The maximum absolute atomic E-state index is 15.0. The van der Waals surface area contributed by atoms with Crippen LogP contribution >= 0.6 is 0 Å². The first kappa shape index (κ1) is 23.0. The lowest BCUT2D eigenvalue weighted by Crippen LogP contribution is -2.35. The van der Waals surface area contributed by atoms with Crippen LogP contribution in [-0.4, -0.2) is 29.1 Å². The molecule has 0 spiro atoms. The SMILES string of the molecule is Cc1ccc2c(c1)c(-c1ccc[nH]c1=O)c(C(=O)NS(=O)(=O)C1CC1)n2Cc1cccc(C)c1F. The molecule has 9 heteroatoms. The number of rotatable bonds is 6. The third-order valence-electron chi connectivity index (χ3n) is 6.32. The van der Waals surface area contributed by atoms with Gasteiger partial charge in [-0.2, -0.15) is 0 Å². The summed E-state index contributed by atoms with van der Waals surface area (Å²) in [4.78, 5) is 29.0. The van der Waals surface area contributed by atoms with Crippen LogP contribution in [0.5, 0.6) is 0 Å². The molecule has 2 N–H and O–H groups in total. The molecule has 7 nitrogen and oxygen atoms in total. The molecule has 0 unspecified atom stereocenters. The van der Waals surface area contributed by atoms with Crippen LogP contribution in [0.4, 0.5) is 4.39 Å². The average Bonchev–Trinajstić information content (AvgIpc) is 3.62. The summed E-state index contributed by atoms with van der Waals surface area (Å²) in [7, 11) is -3.87. The van der Waals surface area contributed by atoms with Crippen LogP contribution in [0.25, 0.3) is 22.0 Å². The first-order valence-corrected chi connectivity index (χ1v) is 12.8. The van der Waals surface area contributed by atoms with Crippen molar-refractivity contribution in [2.24, 2.45) is 0 Å². The van der Waals surface area contributed by atoms with Gasteiger partial charge in [0.05, 0.1) is 11.8 Å². The summed E-state index contributed by atoms with van der Waals surface area (Å²) in [6.45, 7) is 3.51. The first-order chi connectivity index (χ1) is 16.7. The van der Waals surface area contributed by atoms with E-state index in [4.69, 9.17) is 0 Å². The highest BCUT2D eigenvalue weighted by Gasteiger charge is 2.38. The van der Waals surface area contributed by atoms with E-state index in [0.29, 0.717) is 40.4 Å². The van der Waals surface area contributed by atoms with E-state index in [1.165, 1.54) is 6.20 Å². The fourth-order valence-electron chi connectivity index (χ4n) is 4.40. The minimum Gasteiger partial charge on any atom is -0.331 e. The highest BCUT2D eigenvalue weighted by Crippen LogP contribution is 2.36. The van der Waals surface area contributed by atoms with E-state index in [0.717, 1.165) is 5.56 Å². The van der Waals surface area contributed by atoms with Crippen LogP contribution in [0.2, 0.25) is 0 Å². The second-order valence-electron chi connectivity index (χ2n) is 8.97. The molecule has 1 saturated carbocycles. The fraction of sp³-hybridized carbons (Fsp3) is 0.231. The van der Waals surface area contributed by atoms with Gasteiger partial charge in [0.1, 0.15) is 11.5 Å². The Morgan fingerprint density at radius 1 is 1.14 bits per heavy atom. The van der Waals surface area contributed by atoms with E-state index < -0.39 is 32.6 Å². The number of hydrogen-bond acceptors (Lipinski definition) is 4. The molecule has 0 radical (unpaired) electrons. The van der Waals surface area contributed by atoms with Crippen molar-refractivity contribution in [1.29, 1.82) is 0 Å². The van der Waals surface area contributed by atoms with Gasteiger partial charge in [-0.25, -0.2) is 17.5 Å². The Morgan fingerprint density at radius 2 is 1.91 bits per heavy atom. The van der Waals surface area contributed by atoms with Crippen LogP contribution in [0.1, 0.15) is 40.0 Å². The Morgan fingerprint density at radius 3 is 2.63 bits per heavy atom. The number of pyridine rings is 1. The predicted octanol–water partition coefficient (Wildman–Crippen LogP) is 4.02. The second kappa shape index (κ2) is 8.49. The molecule has 1 aliphatic rings. The maximum Gasteiger partial charge on any atom is 0.282 e. The number of aryl methyl sites for hydroxylation is 2.